The van der Waals surface area contributed by atoms with Gasteiger partial charge >= 0.3 is 0 Å². The lowest BCUT2D eigenvalue weighted by atomic mass is 10.1. The number of pyridine rings is 1. The van der Waals surface area contributed by atoms with Crippen LogP contribution in [0.25, 0.3) is 0 Å². The van der Waals surface area contributed by atoms with Crippen molar-refractivity contribution in [3.8, 4) is 17.4 Å². The molecule has 3 rings (SSSR count). The van der Waals surface area contributed by atoms with Gasteiger partial charge in [-0.1, -0.05) is 23.7 Å². The maximum atomic E-state index is 12.1. The molecule has 1 heterocycles. The minimum Gasteiger partial charge on any atom is -0.497 e. The third kappa shape index (κ3) is 4.97. The fraction of sp³-hybridized carbons (Fsp3) is 0.100. The van der Waals surface area contributed by atoms with Gasteiger partial charge in [0.25, 0.3) is 0 Å². The number of amides is 1. The minimum absolute atomic E-state index is 0.122. The lowest BCUT2D eigenvalue weighted by Crippen LogP contribution is -2.14. The first-order valence-corrected chi connectivity index (χ1v) is 8.32. The molecule has 0 fully saturated rings. The fourth-order valence-electron chi connectivity index (χ4n) is 2.27. The Morgan fingerprint density at radius 1 is 1.00 bits per heavy atom. The Kier molecular flexibility index (Phi) is 5.71. The lowest BCUT2D eigenvalue weighted by molar-refractivity contribution is -0.115. The first-order chi connectivity index (χ1) is 12.6. The van der Waals surface area contributed by atoms with Gasteiger partial charge in [-0.05, 0) is 48.0 Å². The summed E-state index contributed by atoms with van der Waals surface area (Å²) in [6, 6.07) is 17.8. The van der Waals surface area contributed by atoms with Crippen molar-refractivity contribution in [1.82, 2.24) is 4.98 Å². The molecule has 1 N–H and O–H groups in total. The van der Waals surface area contributed by atoms with Crippen LogP contribution in [0, 0.1) is 0 Å². The van der Waals surface area contributed by atoms with E-state index in [1.165, 1.54) is 0 Å². The van der Waals surface area contributed by atoms with Gasteiger partial charge in [-0.2, -0.15) is 0 Å². The molecule has 0 atom stereocenters. The van der Waals surface area contributed by atoms with E-state index in [0.717, 1.165) is 11.3 Å². The summed E-state index contributed by atoms with van der Waals surface area (Å²) in [6.45, 7) is 0. The number of halogens is 1. The van der Waals surface area contributed by atoms with Gasteiger partial charge in [-0.25, -0.2) is 4.98 Å². The minimum atomic E-state index is -0.122. The highest BCUT2D eigenvalue weighted by Gasteiger charge is 2.06. The van der Waals surface area contributed by atoms with Gasteiger partial charge in [0.15, 0.2) is 0 Å². The van der Waals surface area contributed by atoms with Crippen molar-refractivity contribution in [3.05, 3.63) is 77.4 Å². The number of hydrogen-bond donors (Lipinski definition) is 1. The van der Waals surface area contributed by atoms with Crippen molar-refractivity contribution in [1.29, 1.82) is 0 Å². The molecule has 1 amide bonds. The molecule has 0 unspecified atom stereocenters. The average molecular weight is 369 g/mol. The molecule has 0 spiro atoms. The number of carbonyl (C=O) groups is 1. The van der Waals surface area contributed by atoms with E-state index in [1.54, 1.807) is 49.7 Å². The van der Waals surface area contributed by atoms with Crippen LogP contribution < -0.4 is 14.8 Å². The van der Waals surface area contributed by atoms with E-state index in [-0.39, 0.29) is 12.3 Å². The van der Waals surface area contributed by atoms with Gasteiger partial charge in [-0.3, -0.25) is 4.79 Å². The molecule has 1 aromatic heterocycles. The van der Waals surface area contributed by atoms with Gasteiger partial charge in [0.2, 0.25) is 11.8 Å². The van der Waals surface area contributed by atoms with Gasteiger partial charge in [0, 0.05) is 11.1 Å². The van der Waals surface area contributed by atoms with E-state index in [0.29, 0.717) is 22.3 Å². The van der Waals surface area contributed by atoms with Crippen molar-refractivity contribution in [2.24, 2.45) is 0 Å². The van der Waals surface area contributed by atoms with Crippen molar-refractivity contribution >= 4 is 23.2 Å². The third-order valence-electron chi connectivity index (χ3n) is 3.58. The lowest BCUT2D eigenvalue weighted by Gasteiger charge is -2.08. The molecule has 2 aromatic carbocycles. The molecule has 5 nitrogen and oxygen atoms in total. The molecule has 0 saturated heterocycles. The highest BCUT2D eigenvalue weighted by atomic mass is 35.5. The Bertz CT molecular complexity index is 863. The number of benzene rings is 2. The number of hydrogen-bond acceptors (Lipinski definition) is 4. The number of carbonyl (C=O) groups excluding carboxylic acids is 1. The van der Waals surface area contributed by atoms with Gasteiger partial charge in [-0.15, -0.1) is 0 Å². The fourth-order valence-corrected chi connectivity index (χ4v) is 2.40. The van der Waals surface area contributed by atoms with Crippen LogP contribution in [-0.4, -0.2) is 18.0 Å². The normalized spacial score (nSPS) is 10.2. The van der Waals surface area contributed by atoms with Crippen LogP contribution >= 0.6 is 11.6 Å². The Hall–Kier alpha value is -3.05. The molecule has 0 bridgehead atoms. The van der Waals surface area contributed by atoms with Crippen LogP contribution in [0.3, 0.4) is 0 Å². The van der Waals surface area contributed by atoms with Crippen LogP contribution in [-0.2, 0) is 11.2 Å². The summed E-state index contributed by atoms with van der Waals surface area (Å²) in [4.78, 5) is 16.3. The predicted octanol–water partition coefficient (Wildman–Crippen LogP) is 4.72. The van der Waals surface area contributed by atoms with Gasteiger partial charge < -0.3 is 14.8 Å². The van der Waals surface area contributed by atoms with Crippen molar-refractivity contribution in [2.45, 2.75) is 6.42 Å². The van der Waals surface area contributed by atoms with E-state index in [2.05, 4.69) is 10.3 Å². The Labute approximate surface area is 156 Å². The molecule has 3 aromatic rings. The SMILES string of the molecule is COc1ccc(CC(=O)Nc2ccc(Oc3ccc(Cl)cc3)nc2)cc1. The zero-order valence-electron chi connectivity index (χ0n) is 14.1. The van der Waals surface area contributed by atoms with E-state index >= 15 is 0 Å². The van der Waals surface area contributed by atoms with E-state index < -0.39 is 0 Å². The summed E-state index contributed by atoms with van der Waals surface area (Å²) >= 11 is 5.84. The second-order valence-electron chi connectivity index (χ2n) is 5.51. The van der Waals surface area contributed by atoms with Crippen LogP contribution in [0.5, 0.6) is 17.4 Å². The standard InChI is InChI=1S/C20H17ClN2O3/c1-25-17-7-2-14(3-8-17)12-19(24)23-16-6-11-20(22-13-16)26-18-9-4-15(21)5-10-18/h2-11,13H,12H2,1H3,(H,23,24). The van der Waals surface area contributed by atoms with Crippen LogP contribution in [0.4, 0.5) is 5.69 Å². The molecule has 6 heteroatoms. The first kappa shape index (κ1) is 17.8. The first-order valence-electron chi connectivity index (χ1n) is 7.94. The monoisotopic (exact) mass is 368 g/mol. The highest BCUT2D eigenvalue weighted by Crippen LogP contribution is 2.22. The second-order valence-corrected chi connectivity index (χ2v) is 5.95. The molecule has 0 aliphatic rings. The van der Waals surface area contributed by atoms with Gasteiger partial charge in [0.1, 0.15) is 11.5 Å². The van der Waals surface area contributed by atoms with Crippen LogP contribution in [0.2, 0.25) is 5.02 Å². The molecule has 0 radical (unpaired) electrons. The number of ether oxygens (including phenoxy) is 2. The summed E-state index contributed by atoms with van der Waals surface area (Å²) in [5.74, 6) is 1.71. The Morgan fingerprint density at radius 2 is 1.69 bits per heavy atom. The van der Waals surface area contributed by atoms with Crippen molar-refractivity contribution < 1.29 is 14.3 Å². The third-order valence-corrected chi connectivity index (χ3v) is 3.83. The van der Waals surface area contributed by atoms with Crippen LogP contribution in [0.15, 0.2) is 66.9 Å². The molecule has 0 aliphatic carbocycles. The quantitative estimate of drug-likeness (QED) is 0.684. The maximum absolute atomic E-state index is 12.1. The largest absolute Gasteiger partial charge is 0.497 e. The molecule has 26 heavy (non-hydrogen) atoms. The molecule has 0 saturated carbocycles. The number of anilines is 1. The predicted molar refractivity (Wildman–Crippen MR) is 101 cm³/mol. The molecule has 0 aliphatic heterocycles. The Balaban J connectivity index is 1.56. The van der Waals surface area contributed by atoms with Crippen molar-refractivity contribution in [3.63, 3.8) is 0 Å². The van der Waals surface area contributed by atoms with E-state index in [4.69, 9.17) is 21.1 Å². The summed E-state index contributed by atoms with van der Waals surface area (Å²) in [5, 5.41) is 3.45. The summed E-state index contributed by atoms with van der Waals surface area (Å²) in [6.07, 6.45) is 1.82. The maximum Gasteiger partial charge on any atom is 0.228 e. The zero-order chi connectivity index (χ0) is 18.4. The molecular formula is C20H17ClN2O3. The number of methoxy groups -OCH3 is 1. The number of aromatic nitrogens is 1. The number of nitrogens with zero attached hydrogens (tertiary/aromatic N) is 1. The van der Waals surface area contributed by atoms with Crippen LogP contribution in [0.1, 0.15) is 5.56 Å². The highest BCUT2D eigenvalue weighted by molar-refractivity contribution is 6.30. The van der Waals surface area contributed by atoms with E-state index in [1.807, 2.05) is 24.3 Å². The van der Waals surface area contributed by atoms with Crippen molar-refractivity contribution in [2.75, 3.05) is 12.4 Å². The van der Waals surface area contributed by atoms with Gasteiger partial charge in [0.05, 0.1) is 25.4 Å². The number of rotatable bonds is 6. The smallest absolute Gasteiger partial charge is 0.228 e. The number of nitrogens with one attached hydrogen (secondary N) is 1. The summed E-state index contributed by atoms with van der Waals surface area (Å²) in [5.41, 5.74) is 1.51. The molecular weight excluding hydrogens is 352 g/mol. The van der Waals surface area contributed by atoms with E-state index in [9.17, 15) is 4.79 Å². The zero-order valence-corrected chi connectivity index (χ0v) is 14.9. The second kappa shape index (κ2) is 8.36. The molecule has 132 valence electrons. The summed E-state index contributed by atoms with van der Waals surface area (Å²) < 4.78 is 10.7. The summed E-state index contributed by atoms with van der Waals surface area (Å²) in [7, 11) is 1.61. The topological polar surface area (TPSA) is 60.5 Å². The Morgan fingerprint density at radius 3 is 2.31 bits per heavy atom. The average Bonchev–Trinajstić information content (AvgIpc) is 2.66.